The third kappa shape index (κ3) is 2.78. The van der Waals surface area contributed by atoms with Crippen molar-refractivity contribution in [3.8, 4) is 11.3 Å². The van der Waals surface area contributed by atoms with Gasteiger partial charge in [-0.2, -0.15) is 5.10 Å². The van der Waals surface area contributed by atoms with Crippen molar-refractivity contribution in [2.45, 2.75) is 0 Å². The van der Waals surface area contributed by atoms with Crippen molar-refractivity contribution in [3.63, 3.8) is 0 Å². The fourth-order valence-corrected chi connectivity index (χ4v) is 2.93. The molecule has 0 saturated carbocycles. The van der Waals surface area contributed by atoms with Gasteiger partial charge in [-0.05, 0) is 18.2 Å². The second-order valence-corrected chi connectivity index (χ2v) is 5.85. The lowest BCUT2D eigenvalue weighted by molar-refractivity contribution is -0.384. The maximum absolute atomic E-state index is 12.4. The van der Waals surface area contributed by atoms with Gasteiger partial charge in [-0.1, -0.05) is 24.3 Å². The molecule has 0 radical (unpaired) electrons. The summed E-state index contributed by atoms with van der Waals surface area (Å²) in [5.41, 5.74) is 2.39. The number of amides is 2. The Bertz CT molecular complexity index is 1080. The zero-order valence-electron chi connectivity index (χ0n) is 13.8. The van der Waals surface area contributed by atoms with Gasteiger partial charge in [-0.15, -0.1) is 0 Å². The van der Waals surface area contributed by atoms with Gasteiger partial charge in [0.05, 0.1) is 27.9 Å². The molecule has 0 bridgehead atoms. The standard InChI is InChI=1S/C19H12N4O4/c24-18-15-6-1-2-7-16(15)19(25)22(18)9-8-13-11-20-21-17(13)12-4-3-5-14(10-12)23(26)27/h1-11H,(H,20,21). The summed E-state index contributed by atoms with van der Waals surface area (Å²) < 4.78 is 0. The van der Waals surface area contributed by atoms with Crippen LogP contribution in [0, 0.1) is 10.1 Å². The Morgan fingerprint density at radius 2 is 1.74 bits per heavy atom. The van der Waals surface area contributed by atoms with Crippen molar-refractivity contribution in [1.29, 1.82) is 0 Å². The van der Waals surface area contributed by atoms with Crippen LogP contribution in [0.2, 0.25) is 0 Å². The predicted octanol–water partition coefficient (Wildman–Crippen LogP) is 3.25. The summed E-state index contributed by atoms with van der Waals surface area (Å²) in [6.45, 7) is 0. The van der Waals surface area contributed by atoms with E-state index in [1.807, 2.05) is 0 Å². The molecule has 1 N–H and O–H groups in total. The van der Waals surface area contributed by atoms with E-state index in [1.54, 1.807) is 42.5 Å². The van der Waals surface area contributed by atoms with Crippen LogP contribution in [-0.4, -0.2) is 31.8 Å². The number of hydrogen-bond donors (Lipinski definition) is 1. The first kappa shape index (κ1) is 16.4. The lowest BCUT2D eigenvalue weighted by atomic mass is 10.1. The number of aromatic nitrogens is 2. The Morgan fingerprint density at radius 3 is 2.41 bits per heavy atom. The van der Waals surface area contributed by atoms with Crippen LogP contribution in [0.25, 0.3) is 17.3 Å². The smallest absolute Gasteiger partial charge is 0.270 e. The summed E-state index contributed by atoms with van der Waals surface area (Å²) in [4.78, 5) is 36.3. The highest BCUT2D eigenvalue weighted by Gasteiger charge is 2.33. The minimum Gasteiger partial charge on any atom is -0.277 e. The first-order valence-corrected chi connectivity index (χ1v) is 7.99. The first-order chi connectivity index (χ1) is 13.1. The van der Waals surface area contributed by atoms with E-state index in [-0.39, 0.29) is 5.69 Å². The van der Waals surface area contributed by atoms with Crippen LogP contribution in [0.5, 0.6) is 0 Å². The molecule has 0 fully saturated rings. The Labute approximate surface area is 152 Å². The number of nitrogens with zero attached hydrogens (tertiary/aromatic N) is 3. The normalized spacial score (nSPS) is 13.4. The molecule has 0 spiro atoms. The second-order valence-electron chi connectivity index (χ2n) is 5.85. The molecule has 2 aromatic carbocycles. The molecule has 4 rings (SSSR count). The minimum absolute atomic E-state index is 0.0441. The monoisotopic (exact) mass is 360 g/mol. The molecule has 1 aromatic heterocycles. The van der Waals surface area contributed by atoms with Gasteiger partial charge in [0, 0.05) is 29.5 Å². The minimum atomic E-state index is -0.478. The molecular formula is C19H12N4O4. The van der Waals surface area contributed by atoms with Gasteiger partial charge in [-0.3, -0.25) is 24.8 Å². The molecular weight excluding hydrogens is 348 g/mol. The summed E-state index contributed by atoms with van der Waals surface area (Å²) in [6, 6.07) is 12.7. The lowest BCUT2D eigenvalue weighted by Gasteiger charge is -2.07. The number of aromatic amines is 1. The van der Waals surface area contributed by atoms with Gasteiger partial charge in [0.15, 0.2) is 0 Å². The average molecular weight is 360 g/mol. The number of imide groups is 1. The highest BCUT2D eigenvalue weighted by Crippen LogP contribution is 2.27. The topological polar surface area (TPSA) is 109 Å². The van der Waals surface area contributed by atoms with Crippen LogP contribution in [0.4, 0.5) is 5.69 Å². The Balaban J connectivity index is 1.65. The molecule has 8 nitrogen and oxygen atoms in total. The second kappa shape index (κ2) is 6.34. The third-order valence-electron chi connectivity index (χ3n) is 4.24. The number of nitro groups is 1. The van der Waals surface area contributed by atoms with Gasteiger partial charge in [-0.25, -0.2) is 4.90 Å². The highest BCUT2D eigenvalue weighted by molar-refractivity contribution is 6.22. The molecule has 1 aliphatic rings. The number of carbonyl (C=O) groups excluding carboxylic acids is 2. The molecule has 132 valence electrons. The zero-order chi connectivity index (χ0) is 19.0. The summed E-state index contributed by atoms with van der Waals surface area (Å²) in [7, 11) is 0. The fraction of sp³-hybridized carbons (Fsp3) is 0. The summed E-state index contributed by atoms with van der Waals surface area (Å²) in [5.74, 6) is -0.792. The van der Waals surface area contributed by atoms with Crippen LogP contribution in [0.1, 0.15) is 26.3 Å². The van der Waals surface area contributed by atoms with Crippen molar-refractivity contribution < 1.29 is 14.5 Å². The van der Waals surface area contributed by atoms with Crippen LogP contribution in [0.15, 0.2) is 60.9 Å². The van der Waals surface area contributed by atoms with Gasteiger partial charge in [0.1, 0.15) is 0 Å². The maximum Gasteiger partial charge on any atom is 0.270 e. The summed E-state index contributed by atoms with van der Waals surface area (Å²) in [5, 5.41) is 17.7. The number of benzene rings is 2. The van der Waals surface area contributed by atoms with Crippen LogP contribution < -0.4 is 0 Å². The van der Waals surface area contributed by atoms with E-state index in [0.29, 0.717) is 27.9 Å². The van der Waals surface area contributed by atoms with Crippen LogP contribution in [-0.2, 0) is 0 Å². The quantitative estimate of drug-likeness (QED) is 0.436. The van der Waals surface area contributed by atoms with Crippen LogP contribution in [0.3, 0.4) is 0 Å². The molecule has 2 heterocycles. The molecule has 2 amide bonds. The SMILES string of the molecule is O=C1c2ccccc2C(=O)N1C=Cc1cn[nH]c1-c1cccc([N+](=O)[O-])c1. The molecule has 0 saturated heterocycles. The Hall–Kier alpha value is -4.07. The van der Waals surface area contributed by atoms with Crippen molar-refractivity contribution in [2.24, 2.45) is 0 Å². The van der Waals surface area contributed by atoms with Crippen molar-refractivity contribution in [1.82, 2.24) is 15.1 Å². The maximum atomic E-state index is 12.4. The third-order valence-corrected chi connectivity index (χ3v) is 4.24. The van der Waals surface area contributed by atoms with E-state index in [4.69, 9.17) is 0 Å². The average Bonchev–Trinajstić information content (AvgIpc) is 3.24. The van der Waals surface area contributed by atoms with Crippen molar-refractivity contribution in [3.05, 3.63) is 87.7 Å². The molecule has 0 unspecified atom stereocenters. The molecule has 27 heavy (non-hydrogen) atoms. The van der Waals surface area contributed by atoms with E-state index in [2.05, 4.69) is 10.2 Å². The highest BCUT2D eigenvalue weighted by atomic mass is 16.6. The van der Waals surface area contributed by atoms with Crippen molar-refractivity contribution in [2.75, 3.05) is 0 Å². The summed E-state index contributed by atoms with van der Waals surface area (Å²) >= 11 is 0. The van der Waals surface area contributed by atoms with E-state index in [9.17, 15) is 19.7 Å². The van der Waals surface area contributed by atoms with E-state index in [1.165, 1.54) is 24.5 Å². The van der Waals surface area contributed by atoms with E-state index < -0.39 is 16.7 Å². The number of carbonyl (C=O) groups is 2. The number of nitrogens with one attached hydrogen (secondary N) is 1. The number of fused-ring (bicyclic) bond motifs is 1. The predicted molar refractivity (Wildman–Crippen MR) is 96.7 cm³/mol. The summed E-state index contributed by atoms with van der Waals surface area (Å²) in [6.07, 6.45) is 4.47. The van der Waals surface area contributed by atoms with Crippen molar-refractivity contribution >= 4 is 23.6 Å². The lowest BCUT2D eigenvalue weighted by Crippen LogP contribution is -2.23. The fourth-order valence-electron chi connectivity index (χ4n) is 2.93. The van der Waals surface area contributed by atoms with E-state index >= 15 is 0 Å². The Kier molecular flexibility index (Phi) is 3.85. The number of nitro benzene ring substituents is 1. The number of hydrogen-bond acceptors (Lipinski definition) is 5. The van der Waals surface area contributed by atoms with Crippen LogP contribution >= 0.6 is 0 Å². The molecule has 1 aliphatic heterocycles. The number of non-ortho nitro benzene ring substituents is 1. The zero-order valence-corrected chi connectivity index (χ0v) is 13.8. The van der Waals surface area contributed by atoms with E-state index in [0.717, 1.165) is 4.90 Å². The largest absolute Gasteiger partial charge is 0.277 e. The van der Waals surface area contributed by atoms with Gasteiger partial charge in [0.25, 0.3) is 17.5 Å². The molecule has 0 aliphatic carbocycles. The molecule has 8 heteroatoms. The number of rotatable bonds is 4. The molecule has 3 aromatic rings. The van der Waals surface area contributed by atoms with Gasteiger partial charge >= 0.3 is 0 Å². The first-order valence-electron chi connectivity index (χ1n) is 7.99. The number of H-pyrrole nitrogens is 1. The Morgan fingerprint density at radius 1 is 1.04 bits per heavy atom. The van der Waals surface area contributed by atoms with Gasteiger partial charge in [0.2, 0.25) is 0 Å². The molecule has 0 atom stereocenters. The van der Waals surface area contributed by atoms with Gasteiger partial charge < -0.3 is 0 Å².